The number of aliphatic imine (C=N–C) groups is 1. The molecular weight excluding hydrogens is 460 g/mol. The highest BCUT2D eigenvalue weighted by Gasteiger charge is 2.38. The topological polar surface area (TPSA) is 25.2 Å². The fourth-order valence-corrected chi connectivity index (χ4v) is 6.25. The molecule has 2 heteroatoms. The van der Waals surface area contributed by atoms with Crippen molar-refractivity contribution in [3.8, 4) is 0 Å². The summed E-state index contributed by atoms with van der Waals surface area (Å²) >= 11 is 0. The van der Waals surface area contributed by atoms with E-state index in [0.29, 0.717) is 17.5 Å². The Morgan fingerprint density at radius 2 is 1.55 bits per heavy atom. The monoisotopic (exact) mass is 488 g/mol. The van der Waals surface area contributed by atoms with E-state index in [1.54, 1.807) is 6.21 Å². The minimum atomic E-state index is 0.238. The van der Waals surface area contributed by atoms with Gasteiger partial charge in [0.2, 0.25) is 0 Å². The molecular formula is C36H28N2. The summed E-state index contributed by atoms with van der Waals surface area (Å²) < 4.78 is 0. The lowest BCUT2D eigenvalue weighted by atomic mass is 9.62. The summed E-state index contributed by atoms with van der Waals surface area (Å²) in [5, 5.41) is 0. The highest BCUT2D eigenvalue weighted by atomic mass is 14.8. The predicted molar refractivity (Wildman–Crippen MR) is 159 cm³/mol. The Morgan fingerprint density at radius 3 is 2.45 bits per heavy atom. The number of pyridine rings is 1. The number of rotatable bonds is 2. The molecule has 2 heterocycles. The Hall–Kier alpha value is -4.56. The van der Waals surface area contributed by atoms with Gasteiger partial charge in [0.25, 0.3) is 0 Å². The van der Waals surface area contributed by atoms with Gasteiger partial charge in [0.15, 0.2) is 0 Å². The van der Waals surface area contributed by atoms with Crippen LogP contribution >= 0.6 is 0 Å². The van der Waals surface area contributed by atoms with Crippen LogP contribution in [-0.4, -0.2) is 11.2 Å². The Balaban J connectivity index is 1.36. The first kappa shape index (κ1) is 22.6. The van der Waals surface area contributed by atoms with Crippen LogP contribution in [0.1, 0.15) is 29.3 Å². The molecule has 0 N–H and O–H groups in total. The summed E-state index contributed by atoms with van der Waals surface area (Å²) in [5.74, 6) is 1.01. The van der Waals surface area contributed by atoms with E-state index in [4.69, 9.17) is 0 Å². The third-order valence-corrected chi connectivity index (χ3v) is 8.02. The second-order valence-electron chi connectivity index (χ2n) is 10.4. The third kappa shape index (κ3) is 3.72. The van der Waals surface area contributed by atoms with Crippen LogP contribution in [-0.2, 0) is 0 Å². The number of nitrogens with zero attached hydrogens (tertiary/aromatic N) is 2. The Kier molecular flexibility index (Phi) is 5.40. The lowest BCUT2D eigenvalue weighted by Gasteiger charge is -2.41. The number of allylic oxidation sites excluding steroid dienone is 17. The number of benzene rings is 1. The highest BCUT2D eigenvalue weighted by Crippen LogP contribution is 2.51. The Bertz CT molecular complexity index is 1690. The van der Waals surface area contributed by atoms with Gasteiger partial charge in [-0.1, -0.05) is 105 Å². The summed E-state index contributed by atoms with van der Waals surface area (Å²) in [4.78, 5) is 9.21. The van der Waals surface area contributed by atoms with E-state index >= 15 is 0 Å². The summed E-state index contributed by atoms with van der Waals surface area (Å²) in [6.45, 7) is 6.40. The molecule has 1 aliphatic heterocycles. The van der Waals surface area contributed by atoms with E-state index < -0.39 is 0 Å². The van der Waals surface area contributed by atoms with Crippen molar-refractivity contribution in [2.24, 2.45) is 22.7 Å². The summed E-state index contributed by atoms with van der Waals surface area (Å²) in [6.07, 6.45) is 30.6. The molecule has 2 aromatic rings. The molecule has 0 radical (unpaired) electrons. The molecule has 4 aliphatic carbocycles. The number of fused-ring (bicyclic) bond motifs is 1. The fraction of sp³-hybridized carbons (Fsp3) is 0.111. The fourth-order valence-electron chi connectivity index (χ4n) is 6.25. The SMILES string of the molecule is C=C1/N=C\C=C/C(C)/C=C(/c2cccc(C3=CC=C4C=CC5=CC=CC6=CC=C3C4C56)c2)c2cccnc21. The molecule has 1 aromatic carbocycles. The van der Waals surface area contributed by atoms with Gasteiger partial charge in [0, 0.05) is 29.8 Å². The lowest BCUT2D eigenvalue weighted by molar-refractivity contribution is 0.567. The first-order valence-electron chi connectivity index (χ1n) is 13.3. The number of hydrogen-bond acceptors (Lipinski definition) is 2. The van der Waals surface area contributed by atoms with Crippen molar-refractivity contribution in [3.05, 3.63) is 167 Å². The van der Waals surface area contributed by atoms with Crippen molar-refractivity contribution < 1.29 is 0 Å². The van der Waals surface area contributed by atoms with E-state index in [0.717, 1.165) is 16.8 Å². The van der Waals surface area contributed by atoms with Crippen molar-refractivity contribution in [2.45, 2.75) is 6.92 Å². The molecule has 0 spiro atoms. The van der Waals surface area contributed by atoms with E-state index in [1.165, 1.54) is 39.0 Å². The molecule has 182 valence electrons. The maximum Gasteiger partial charge on any atom is 0.0958 e. The largest absolute Gasteiger partial charge is 0.255 e. The van der Waals surface area contributed by atoms with Crippen LogP contribution in [0.25, 0.3) is 16.8 Å². The van der Waals surface area contributed by atoms with Gasteiger partial charge in [-0.25, -0.2) is 0 Å². The van der Waals surface area contributed by atoms with Gasteiger partial charge in [-0.3, -0.25) is 9.98 Å². The van der Waals surface area contributed by atoms with Gasteiger partial charge in [-0.05, 0) is 68.7 Å². The van der Waals surface area contributed by atoms with Crippen LogP contribution in [0.15, 0.2) is 149 Å². The van der Waals surface area contributed by atoms with E-state index in [1.807, 2.05) is 18.3 Å². The minimum absolute atomic E-state index is 0.238. The average Bonchev–Trinajstić information content (AvgIpc) is 2.96. The third-order valence-electron chi connectivity index (χ3n) is 8.02. The molecule has 38 heavy (non-hydrogen) atoms. The van der Waals surface area contributed by atoms with Gasteiger partial charge in [0.1, 0.15) is 0 Å². The predicted octanol–water partition coefficient (Wildman–Crippen LogP) is 8.25. The quantitative estimate of drug-likeness (QED) is 0.418. The van der Waals surface area contributed by atoms with Gasteiger partial charge < -0.3 is 0 Å². The standard InChI is InChI=1S/C36H28N2/c1-23-7-5-19-37-24(2)36-32(12-6-20-38-36)33(21-23)29-11-4-10-28(22-29)30-17-15-27-14-13-25-8-3-9-26-16-18-31(30)35(27)34(25)26/h3-23,34-35H,2H2,1H3/b7-5-,33-21-,37-19-. The number of hydrogen-bond donors (Lipinski definition) is 0. The van der Waals surface area contributed by atoms with Crippen molar-refractivity contribution in [3.63, 3.8) is 0 Å². The zero-order chi connectivity index (χ0) is 25.6. The van der Waals surface area contributed by atoms with Crippen LogP contribution < -0.4 is 0 Å². The number of aromatic nitrogens is 1. The highest BCUT2D eigenvalue weighted by molar-refractivity contribution is 5.91. The van der Waals surface area contributed by atoms with Gasteiger partial charge >= 0.3 is 0 Å². The van der Waals surface area contributed by atoms with E-state index in [9.17, 15) is 0 Å². The zero-order valence-electron chi connectivity index (χ0n) is 21.4. The maximum absolute atomic E-state index is 4.67. The molecule has 0 amide bonds. The zero-order valence-corrected chi connectivity index (χ0v) is 21.4. The van der Waals surface area contributed by atoms with Crippen molar-refractivity contribution in [1.29, 1.82) is 0 Å². The summed E-state index contributed by atoms with van der Waals surface area (Å²) in [6, 6.07) is 13.1. The molecule has 5 aliphatic rings. The molecule has 7 rings (SSSR count). The van der Waals surface area contributed by atoms with Gasteiger partial charge in [-0.2, -0.15) is 0 Å². The molecule has 0 saturated carbocycles. The molecule has 0 saturated heterocycles. The van der Waals surface area contributed by atoms with Crippen molar-refractivity contribution in [1.82, 2.24) is 4.98 Å². The first-order chi connectivity index (χ1) is 18.7. The minimum Gasteiger partial charge on any atom is -0.255 e. The smallest absolute Gasteiger partial charge is 0.0958 e. The Labute approximate surface area is 224 Å². The van der Waals surface area contributed by atoms with Crippen LogP contribution in [0.3, 0.4) is 0 Å². The van der Waals surface area contributed by atoms with Crippen LogP contribution in [0.5, 0.6) is 0 Å². The summed E-state index contributed by atoms with van der Waals surface area (Å²) in [5.41, 5.74) is 13.0. The molecule has 2 nitrogen and oxygen atoms in total. The van der Waals surface area contributed by atoms with Gasteiger partial charge in [-0.15, -0.1) is 0 Å². The van der Waals surface area contributed by atoms with Crippen molar-refractivity contribution in [2.75, 3.05) is 0 Å². The normalized spacial score (nSPS) is 27.8. The van der Waals surface area contributed by atoms with E-state index in [-0.39, 0.29) is 5.92 Å². The van der Waals surface area contributed by atoms with Crippen LogP contribution in [0.2, 0.25) is 0 Å². The average molecular weight is 489 g/mol. The van der Waals surface area contributed by atoms with E-state index in [2.05, 4.69) is 121 Å². The molecule has 3 unspecified atom stereocenters. The Morgan fingerprint density at radius 1 is 0.763 bits per heavy atom. The molecule has 0 fully saturated rings. The van der Waals surface area contributed by atoms with Crippen LogP contribution in [0.4, 0.5) is 0 Å². The molecule has 3 atom stereocenters. The molecule has 1 aromatic heterocycles. The van der Waals surface area contributed by atoms with Crippen LogP contribution in [0, 0.1) is 17.8 Å². The summed E-state index contributed by atoms with van der Waals surface area (Å²) in [7, 11) is 0. The second-order valence-corrected chi connectivity index (χ2v) is 10.4. The maximum atomic E-state index is 4.67. The molecule has 0 bridgehead atoms. The first-order valence-corrected chi connectivity index (χ1v) is 13.3. The van der Waals surface area contributed by atoms with Gasteiger partial charge in [0.05, 0.1) is 11.4 Å². The second kappa shape index (κ2) is 9.08. The lowest BCUT2D eigenvalue weighted by Crippen LogP contribution is -2.29. The van der Waals surface area contributed by atoms with Crippen molar-refractivity contribution >= 4 is 23.1 Å².